The summed E-state index contributed by atoms with van der Waals surface area (Å²) in [7, 11) is 0. The molecular weight excluding hydrogens is 224 g/mol. The maximum atomic E-state index is 10.0. The maximum Gasteiger partial charge on any atom is 0.123 e. The van der Waals surface area contributed by atoms with E-state index in [0.29, 0.717) is 11.1 Å². The molecule has 2 aromatic carbocycles. The smallest absolute Gasteiger partial charge is 0.123 e. The van der Waals surface area contributed by atoms with Crippen molar-refractivity contribution in [2.75, 3.05) is 0 Å². The van der Waals surface area contributed by atoms with E-state index in [9.17, 15) is 10.2 Å². The van der Waals surface area contributed by atoms with Gasteiger partial charge in [-0.25, -0.2) is 0 Å². The first-order chi connectivity index (χ1) is 8.65. The molecule has 0 radical (unpaired) electrons. The van der Waals surface area contributed by atoms with Gasteiger partial charge in [-0.15, -0.1) is 0 Å². The molecule has 0 bridgehead atoms. The predicted molar refractivity (Wildman–Crippen MR) is 74.0 cm³/mol. The maximum absolute atomic E-state index is 10.0. The Kier molecular flexibility index (Phi) is 3.56. The normalized spacial score (nSPS) is 10.6. The van der Waals surface area contributed by atoms with Crippen molar-refractivity contribution >= 4 is 0 Å². The zero-order valence-electron chi connectivity index (χ0n) is 10.8. The number of benzene rings is 2. The minimum absolute atomic E-state index is 0.217. The van der Waals surface area contributed by atoms with Gasteiger partial charge < -0.3 is 10.2 Å². The molecule has 0 aliphatic heterocycles. The number of phenols is 2. The summed E-state index contributed by atoms with van der Waals surface area (Å²) in [5.74, 6) is 0.433. The second kappa shape index (κ2) is 5.13. The van der Waals surface area contributed by atoms with Crippen LogP contribution in [0, 0.1) is 0 Å². The van der Waals surface area contributed by atoms with Gasteiger partial charge >= 0.3 is 0 Å². The molecule has 0 aliphatic carbocycles. The number of aryl methyl sites for hydroxylation is 2. The molecule has 0 saturated heterocycles. The molecule has 2 rings (SSSR count). The van der Waals surface area contributed by atoms with E-state index < -0.39 is 0 Å². The third-order valence-electron chi connectivity index (χ3n) is 3.23. The largest absolute Gasteiger partial charge is 0.507 e. The second-order valence-electron chi connectivity index (χ2n) is 4.41. The molecule has 2 aromatic rings. The van der Waals surface area contributed by atoms with Crippen LogP contribution in [0.4, 0.5) is 0 Å². The van der Waals surface area contributed by atoms with Crippen LogP contribution in [0.15, 0.2) is 36.4 Å². The molecule has 0 fully saturated rings. The summed E-state index contributed by atoms with van der Waals surface area (Å²) in [5, 5.41) is 20.0. The number of hydrogen-bond donors (Lipinski definition) is 2. The van der Waals surface area contributed by atoms with Crippen molar-refractivity contribution in [3.05, 3.63) is 47.5 Å². The van der Waals surface area contributed by atoms with Crippen LogP contribution in [-0.4, -0.2) is 10.2 Å². The van der Waals surface area contributed by atoms with E-state index in [1.54, 1.807) is 12.1 Å². The molecule has 0 saturated carbocycles. The van der Waals surface area contributed by atoms with E-state index in [1.165, 1.54) is 0 Å². The Morgan fingerprint density at radius 2 is 1.11 bits per heavy atom. The highest BCUT2D eigenvalue weighted by molar-refractivity contribution is 5.75. The lowest BCUT2D eigenvalue weighted by Gasteiger charge is -2.09. The molecule has 0 heterocycles. The van der Waals surface area contributed by atoms with Gasteiger partial charge in [-0.2, -0.15) is 0 Å². The molecule has 2 N–H and O–H groups in total. The summed E-state index contributed by atoms with van der Waals surface area (Å²) in [6.07, 6.45) is 1.77. The van der Waals surface area contributed by atoms with Gasteiger partial charge in [-0.05, 0) is 36.1 Å². The Morgan fingerprint density at radius 1 is 0.722 bits per heavy atom. The zero-order chi connectivity index (χ0) is 13.1. The molecule has 94 valence electrons. The monoisotopic (exact) mass is 242 g/mol. The van der Waals surface area contributed by atoms with Gasteiger partial charge in [0.05, 0.1) is 0 Å². The van der Waals surface area contributed by atoms with Crippen LogP contribution in [0.2, 0.25) is 0 Å². The predicted octanol–water partition coefficient (Wildman–Crippen LogP) is 3.89. The van der Waals surface area contributed by atoms with Gasteiger partial charge in [-0.1, -0.05) is 38.1 Å². The van der Waals surface area contributed by atoms with E-state index in [0.717, 1.165) is 24.0 Å². The molecule has 18 heavy (non-hydrogen) atoms. The van der Waals surface area contributed by atoms with Crippen molar-refractivity contribution in [3.63, 3.8) is 0 Å². The van der Waals surface area contributed by atoms with Crippen LogP contribution in [0.25, 0.3) is 11.1 Å². The average molecular weight is 242 g/mol. The summed E-state index contributed by atoms with van der Waals surface area (Å²) in [5.41, 5.74) is 3.52. The zero-order valence-corrected chi connectivity index (χ0v) is 10.8. The first-order valence-electron chi connectivity index (χ1n) is 6.29. The topological polar surface area (TPSA) is 40.5 Å². The first-order valence-corrected chi connectivity index (χ1v) is 6.29. The fraction of sp³-hybridized carbons (Fsp3) is 0.250. The summed E-state index contributed by atoms with van der Waals surface area (Å²) in [4.78, 5) is 0. The third-order valence-corrected chi connectivity index (χ3v) is 3.23. The fourth-order valence-corrected chi connectivity index (χ4v) is 2.05. The Hall–Kier alpha value is -1.96. The van der Waals surface area contributed by atoms with E-state index >= 15 is 0 Å². The number of hydrogen-bond acceptors (Lipinski definition) is 2. The Bertz CT molecular complexity index is 508. The van der Waals surface area contributed by atoms with Gasteiger partial charge in [0.25, 0.3) is 0 Å². The van der Waals surface area contributed by atoms with Gasteiger partial charge in [0.1, 0.15) is 11.5 Å². The van der Waals surface area contributed by atoms with Crippen LogP contribution < -0.4 is 0 Å². The standard InChI is InChI=1S/C16H18O2/c1-3-11-5-7-13(15(17)9-11)14-8-6-12(4-2)10-16(14)18/h5-10,17-18H,3-4H2,1-2H3. The second-order valence-corrected chi connectivity index (χ2v) is 4.41. The van der Waals surface area contributed by atoms with Gasteiger partial charge in [0.15, 0.2) is 0 Å². The van der Waals surface area contributed by atoms with Crippen molar-refractivity contribution in [2.45, 2.75) is 26.7 Å². The lowest BCUT2D eigenvalue weighted by molar-refractivity contribution is 0.468. The quantitative estimate of drug-likeness (QED) is 0.857. The molecule has 0 spiro atoms. The van der Waals surface area contributed by atoms with E-state index in [1.807, 2.05) is 38.1 Å². The summed E-state index contributed by atoms with van der Waals surface area (Å²) in [6, 6.07) is 11.2. The minimum atomic E-state index is 0.217. The Balaban J connectivity index is 2.48. The lowest BCUT2D eigenvalue weighted by Crippen LogP contribution is -1.86. The van der Waals surface area contributed by atoms with Gasteiger partial charge in [0.2, 0.25) is 0 Å². The Morgan fingerprint density at radius 3 is 1.39 bits per heavy atom. The molecule has 0 amide bonds. The highest BCUT2D eigenvalue weighted by atomic mass is 16.3. The molecule has 0 atom stereocenters. The van der Waals surface area contributed by atoms with E-state index in [4.69, 9.17) is 0 Å². The van der Waals surface area contributed by atoms with Crippen molar-refractivity contribution < 1.29 is 10.2 Å². The van der Waals surface area contributed by atoms with E-state index in [-0.39, 0.29) is 11.5 Å². The first kappa shape index (κ1) is 12.5. The molecule has 2 nitrogen and oxygen atoms in total. The van der Waals surface area contributed by atoms with Crippen molar-refractivity contribution in [2.24, 2.45) is 0 Å². The highest BCUT2D eigenvalue weighted by Gasteiger charge is 2.09. The van der Waals surface area contributed by atoms with Gasteiger partial charge in [0, 0.05) is 11.1 Å². The van der Waals surface area contributed by atoms with Crippen molar-refractivity contribution in [1.82, 2.24) is 0 Å². The number of phenolic OH excluding ortho intramolecular Hbond substituents is 2. The average Bonchev–Trinajstić information content (AvgIpc) is 2.39. The molecule has 0 aliphatic rings. The van der Waals surface area contributed by atoms with E-state index in [2.05, 4.69) is 0 Å². The van der Waals surface area contributed by atoms with Crippen molar-refractivity contribution in [1.29, 1.82) is 0 Å². The molecule has 2 heteroatoms. The molecular formula is C16H18O2. The summed E-state index contributed by atoms with van der Waals surface area (Å²) >= 11 is 0. The fourth-order valence-electron chi connectivity index (χ4n) is 2.05. The molecule has 0 unspecified atom stereocenters. The Labute approximate surface area is 108 Å². The van der Waals surface area contributed by atoms with Crippen LogP contribution in [0.3, 0.4) is 0 Å². The lowest BCUT2D eigenvalue weighted by atomic mass is 9.99. The van der Waals surface area contributed by atoms with Crippen LogP contribution in [0.1, 0.15) is 25.0 Å². The third kappa shape index (κ3) is 2.33. The van der Waals surface area contributed by atoms with Crippen LogP contribution >= 0.6 is 0 Å². The number of rotatable bonds is 3. The van der Waals surface area contributed by atoms with Crippen molar-refractivity contribution in [3.8, 4) is 22.6 Å². The van der Waals surface area contributed by atoms with Gasteiger partial charge in [-0.3, -0.25) is 0 Å². The highest BCUT2D eigenvalue weighted by Crippen LogP contribution is 2.36. The molecule has 0 aromatic heterocycles. The SMILES string of the molecule is CCc1ccc(-c2ccc(CC)cc2O)c(O)c1. The minimum Gasteiger partial charge on any atom is -0.507 e. The summed E-state index contributed by atoms with van der Waals surface area (Å²) in [6.45, 7) is 4.09. The van der Waals surface area contributed by atoms with Crippen LogP contribution in [-0.2, 0) is 12.8 Å². The summed E-state index contributed by atoms with van der Waals surface area (Å²) < 4.78 is 0. The van der Waals surface area contributed by atoms with Crippen LogP contribution in [0.5, 0.6) is 11.5 Å². The number of aromatic hydroxyl groups is 2.